The molecule has 126 valence electrons. The third-order valence-electron chi connectivity index (χ3n) is 4.30. The fourth-order valence-corrected chi connectivity index (χ4v) is 3.66. The van der Waals surface area contributed by atoms with Crippen molar-refractivity contribution in [1.29, 1.82) is 0 Å². The van der Waals surface area contributed by atoms with E-state index in [1.54, 1.807) is 13.2 Å². The maximum atomic E-state index is 6.07. The molecule has 0 aromatic carbocycles. The third kappa shape index (κ3) is 2.72. The lowest BCUT2D eigenvalue weighted by atomic mass is 9.84. The van der Waals surface area contributed by atoms with Crippen molar-refractivity contribution in [3.8, 4) is 0 Å². The Balaban J connectivity index is 1.92. The van der Waals surface area contributed by atoms with E-state index in [0.717, 1.165) is 0 Å². The molecule has 0 N–H and O–H groups in total. The van der Waals surface area contributed by atoms with Crippen molar-refractivity contribution in [3.63, 3.8) is 0 Å². The summed E-state index contributed by atoms with van der Waals surface area (Å²) in [5.41, 5.74) is 0. The Hall–Kier alpha value is -0.500. The highest BCUT2D eigenvalue weighted by atomic mass is 16.8. The summed E-state index contributed by atoms with van der Waals surface area (Å²) in [6, 6.07) is 0. The van der Waals surface area contributed by atoms with Crippen LogP contribution in [0.15, 0.2) is 12.7 Å². The Morgan fingerprint density at radius 3 is 1.77 bits per heavy atom. The Bertz CT molecular complexity index is 434. The number of ether oxygens (including phenoxy) is 6. The molecule has 22 heavy (non-hydrogen) atoms. The standard InChI is InChI=1S/C16H26O6/c1-7-8-18-10-9(17-6)11-13(21-15(2,3)19-11)14-12(10)20-16(4,5)22-14/h7,9-14H,1,8H2,2-6H3/t9-,10-,11+,12+,13+,14+/m0/s1. The maximum Gasteiger partial charge on any atom is 0.164 e. The molecule has 6 nitrogen and oxygen atoms in total. The van der Waals surface area contributed by atoms with Gasteiger partial charge in [0.1, 0.15) is 36.6 Å². The van der Waals surface area contributed by atoms with Gasteiger partial charge in [0.05, 0.1) is 6.61 Å². The zero-order valence-corrected chi connectivity index (χ0v) is 13.9. The van der Waals surface area contributed by atoms with E-state index in [2.05, 4.69) is 6.58 Å². The zero-order valence-electron chi connectivity index (χ0n) is 13.9. The molecule has 2 heterocycles. The third-order valence-corrected chi connectivity index (χ3v) is 4.30. The van der Waals surface area contributed by atoms with Gasteiger partial charge in [-0.25, -0.2) is 0 Å². The smallest absolute Gasteiger partial charge is 0.164 e. The van der Waals surface area contributed by atoms with Gasteiger partial charge in [0.2, 0.25) is 0 Å². The quantitative estimate of drug-likeness (QED) is 0.735. The van der Waals surface area contributed by atoms with Crippen LogP contribution in [0.1, 0.15) is 27.7 Å². The van der Waals surface area contributed by atoms with Gasteiger partial charge < -0.3 is 28.4 Å². The highest BCUT2D eigenvalue weighted by molar-refractivity contribution is 5.09. The van der Waals surface area contributed by atoms with Crippen LogP contribution in [0.25, 0.3) is 0 Å². The molecular weight excluding hydrogens is 288 g/mol. The van der Waals surface area contributed by atoms with Crippen molar-refractivity contribution in [3.05, 3.63) is 12.7 Å². The molecule has 3 fully saturated rings. The Morgan fingerprint density at radius 2 is 1.32 bits per heavy atom. The van der Waals surface area contributed by atoms with Crippen molar-refractivity contribution in [2.75, 3.05) is 13.7 Å². The number of hydrogen-bond donors (Lipinski definition) is 0. The predicted octanol–water partition coefficient (Wildman–Crippen LogP) is 1.63. The predicted molar refractivity (Wildman–Crippen MR) is 78.4 cm³/mol. The average molecular weight is 314 g/mol. The molecule has 0 bridgehead atoms. The summed E-state index contributed by atoms with van der Waals surface area (Å²) in [7, 11) is 1.65. The molecule has 1 saturated carbocycles. The summed E-state index contributed by atoms with van der Waals surface area (Å²) >= 11 is 0. The summed E-state index contributed by atoms with van der Waals surface area (Å²) in [6.07, 6.45) is 0.120. The van der Waals surface area contributed by atoms with Gasteiger partial charge in [-0.2, -0.15) is 0 Å². The highest BCUT2D eigenvalue weighted by Gasteiger charge is 2.64. The number of rotatable bonds is 4. The van der Waals surface area contributed by atoms with Crippen LogP contribution in [0, 0.1) is 0 Å². The second-order valence-electron chi connectivity index (χ2n) is 6.92. The van der Waals surface area contributed by atoms with E-state index >= 15 is 0 Å². The van der Waals surface area contributed by atoms with Crippen molar-refractivity contribution in [1.82, 2.24) is 0 Å². The van der Waals surface area contributed by atoms with Gasteiger partial charge in [0, 0.05) is 7.11 Å². The summed E-state index contributed by atoms with van der Waals surface area (Å²) in [5, 5.41) is 0. The zero-order chi connectivity index (χ0) is 16.1. The minimum absolute atomic E-state index is 0.240. The van der Waals surface area contributed by atoms with Gasteiger partial charge in [0.15, 0.2) is 11.6 Å². The summed E-state index contributed by atoms with van der Waals surface area (Å²) in [5.74, 6) is -1.37. The molecule has 0 aromatic heterocycles. The number of fused-ring (bicyclic) bond motifs is 3. The van der Waals surface area contributed by atoms with Crippen LogP contribution in [0.3, 0.4) is 0 Å². The van der Waals surface area contributed by atoms with Crippen LogP contribution in [0.4, 0.5) is 0 Å². The molecule has 0 spiro atoms. The van der Waals surface area contributed by atoms with Crippen molar-refractivity contribution in [2.45, 2.75) is 75.9 Å². The molecule has 6 atom stereocenters. The first kappa shape index (κ1) is 16.4. The Morgan fingerprint density at radius 1 is 0.864 bits per heavy atom. The van der Waals surface area contributed by atoms with E-state index in [1.807, 2.05) is 27.7 Å². The van der Waals surface area contributed by atoms with Gasteiger partial charge in [-0.1, -0.05) is 6.08 Å². The first-order valence-electron chi connectivity index (χ1n) is 7.74. The molecule has 0 unspecified atom stereocenters. The molecular formula is C16H26O6. The van der Waals surface area contributed by atoms with Crippen molar-refractivity contribution >= 4 is 0 Å². The van der Waals surface area contributed by atoms with Crippen LogP contribution < -0.4 is 0 Å². The van der Waals surface area contributed by atoms with E-state index in [1.165, 1.54) is 0 Å². The summed E-state index contributed by atoms with van der Waals surface area (Å²) < 4.78 is 35.9. The van der Waals surface area contributed by atoms with Crippen LogP contribution >= 0.6 is 0 Å². The SMILES string of the molecule is C=CCO[C@H]1[C@H](OC)[C@H]2OC(C)(C)O[C@H]2[C@@H]2OC(C)(C)O[C@H]12. The van der Waals surface area contributed by atoms with Gasteiger partial charge in [-0.3, -0.25) is 0 Å². The van der Waals surface area contributed by atoms with Gasteiger partial charge in [-0.05, 0) is 27.7 Å². The topological polar surface area (TPSA) is 55.4 Å². The van der Waals surface area contributed by atoms with Gasteiger partial charge in [0.25, 0.3) is 0 Å². The fraction of sp³-hybridized carbons (Fsp3) is 0.875. The summed E-state index contributed by atoms with van der Waals surface area (Å²) in [4.78, 5) is 0. The minimum Gasteiger partial charge on any atom is -0.376 e. The lowest BCUT2D eigenvalue weighted by molar-refractivity contribution is -0.197. The molecule has 3 aliphatic rings. The van der Waals surface area contributed by atoms with Crippen LogP contribution in [-0.2, 0) is 28.4 Å². The van der Waals surface area contributed by atoms with Crippen molar-refractivity contribution < 1.29 is 28.4 Å². The van der Waals surface area contributed by atoms with Crippen LogP contribution in [0.2, 0.25) is 0 Å². The maximum absolute atomic E-state index is 6.07. The fourth-order valence-electron chi connectivity index (χ4n) is 3.66. The molecule has 2 saturated heterocycles. The van der Waals surface area contributed by atoms with Crippen molar-refractivity contribution in [2.24, 2.45) is 0 Å². The molecule has 0 aromatic rings. The van der Waals surface area contributed by atoms with E-state index in [0.29, 0.717) is 6.61 Å². The Kier molecular flexibility index (Phi) is 4.12. The van der Waals surface area contributed by atoms with Gasteiger partial charge >= 0.3 is 0 Å². The van der Waals surface area contributed by atoms with Crippen LogP contribution in [0.5, 0.6) is 0 Å². The van der Waals surface area contributed by atoms with E-state index in [4.69, 9.17) is 28.4 Å². The molecule has 1 aliphatic carbocycles. The Labute approximate surface area is 131 Å². The second-order valence-corrected chi connectivity index (χ2v) is 6.92. The van der Waals surface area contributed by atoms with Crippen LogP contribution in [-0.4, -0.2) is 61.9 Å². The average Bonchev–Trinajstić information content (AvgIpc) is 2.90. The molecule has 3 rings (SSSR count). The normalized spacial score (nSPS) is 45.3. The monoisotopic (exact) mass is 314 g/mol. The lowest BCUT2D eigenvalue weighted by Gasteiger charge is -2.42. The second kappa shape index (κ2) is 5.54. The van der Waals surface area contributed by atoms with E-state index in [-0.39, 0.29) is 36.6 Å². The molecule has 0 radical (unpaired) electrons. The highest BCUT2D eigenvalue weighted by Crippen LogP contribution is 2.46. The summed E-state index contributed by atoms with van der Waals surface area (Å²) in [6.45, 7) is 11.7. The first-order valence-corrected chi connectivity index (χ1v) is 7.74. The molecule has 2 aliphatic heterocycles. The largest absolute Gasteiger partial charge is 0.376 e. The van der Waals surface area contributed by atoms with E-state index in [9.17, 15) is 0 Å². The number of hydrogen-bond acceptors (Lipinski definition) is 6. The van der Waals surface area contributed by atoms with E-state index < -0.39 is 11.6 Å². The molecule has 6 heteroatoms. The van der Waals surface area contributed by atoms with Gasteiger partial charge in [-0.15, -0.1) is 6.58 Å². The minimum atomic E-state index is -0.686. The lowest BCUT2D eigenvalue weighted by Crippen LogP contribution is -2.62. The number of methoxy groups -OCH3 is 1. The first-order chi connectivity index (χ1) is 10.3. The molecule has 0 amide bonds.